The van der Waals surface area contributed by atoms with E-state index in [9.17, 15) is 18.0 Å². The second kappa shape index (κ2) is 8.39. The number of carbonyl (C=O) groups excluding carboxylic acids is 2. The number of benzene rings is 2. The summed E-state index contributed by atoms with van der Waals surface area (Å²) >= 11 is 0. The van der Waals surface area contributed by atoms with Crippen LogP contribution < -0.4 is 4.31 Å². The molecule has 0 saturated heterocycles. The Morgan fingerprint density at radius 2 is 1.89 bits per heavy atom. The minimum Gasteiger partial charge on any atom is -0.454 e. The quantitative estimate of drug-likeness (QED) is 0.406. The largest absolute Gasteiger partial charge is 0.454 e. The minimum atomic E-state index is -3.32. The number of sulfonamides is 1. The van der Waals surface area contributed by atoms with Gasteiger partial charge in [0.1, 0.15) is 0 Å². The van der Waals surface area contributed by atoms with Crippen molar-refractivity contribution in [1.29, 1.82) is 0 Å². The Bertz CT molecular complexity index is 1010. The molecule has 0 saturated carbocycles. The van der Waals surface area contributed by atoms with E-state index in [1.54, 1.807) is 31.2 Å². The van der Waals surface area contributed by atoms with Crippen molar-refractivity contribution in [2.75, 3.05) is 23.2 Å². The standard InChI is InChI=1S/C21H21NO5S/c1-2-28(25,26)22-13-12-17-14-18(9-10-19(17)22)20(23)15-27-21(24)11-8-16-6-4-3-5-7-16/h3-11,14H,2,12-13,15H2,1H3/b11-8+. The summed E-state index contributed by atoms with van der Waals surface area (Å²) in [4.78, 5) is 24.1. The van der Waals surface area contributed by atoms with Crippen LogP contribution in [0, 0.1) is 0 Å². The van der Waals surface area contributed by atoms with Gasteiger partial charge in [-0.3, -0.25) is 9.10 Å². The van der Waals surface area contributed by atoms with Gasteiger partial charge in [-0.2, -0.15) is 0 Å². The molecule has 28 heavy (non-hydrogen) atoms. The third kappa shape index (κ3) is 4.48. The number of hydrogen-bond donors (Lipinski definition) is 0. The molecule has 1 heterocycles. The van der Waals surface area contributed by atoms with Crippen molar-refractivity contribution in [3.63, 3.8) is 0 Å². The molecule has 3 rings (SSSR count). The first-order chi connectivity index (χ1) is 13.4. The molecule has 2 aromatic carbocycles. The maximum absolute atomic E-state index is 12.3. The Kier molecular flexibility index (Phi) is 5.94. The summed E-state index contributed by atoms with van der Waals surface area (Å²) in [5, 5.41) is 0. The predicted octanol–water partition coefficient (Wildman–Crippen LogP) is 2.84. The molecule has 1 aliphatic rings. The summed E-state index contributed by atoms with van der Waals surface area (Å²) in [5.74, 6) is -0.904. The van der Waals surface area contributed by atoms with Crippen LogP contribution in [-0.4, -0.2) is 39.1 Å². The van der Waals surface area contributed by atoms with Gasteiger partial charge < -0.3 is 4.74 Å². The van der Waals surface area contributed by atoms with Crippen molar-refractivity contribution in [2.45, 2.75) is 13.3 Å². The Labute approximate surface area is 164 Å². The van der Waals surface area contributed by atoms with Crippen LogP contribution in [0.1, 0.15) is 28.4 Å². The molecule has 0 aliphatic carbocycles. The zero-order valence-corrected chi connectivity index (χ0v) is 16.3. The van der Waals surface area contributed by atoms with E-state index in [2.05, 4.69) is 0 Å². The van der Waals surface area contributed by atoms with Crippen LogP contribution in [0.25, 0.3) is 6.08 Å². The molecule has 0 aromatic heterocycles. The third-order valence-corrected chi connectivity index (χ3v) is 6.29. The highest BCUT2D eigenvalue weighted by molar-refractivity contribution is 7.92. The van der Waals surface area contributed by atoms with Gasteiger partial charge in [-0.1, -0.05) is 30.3 Å². The van der Waals surface area contributed by atoms with E-state index in [0.29, 0.717) is 24.2 Å². The molecule has 0 bridgehead atoms. The highest BCUT2D eigenvalue weighted by Gasteiger charge is 2.28. The Morgan fingerprint density at radius 1 is 1.14 bits per heavy atom. The van der Waals surface area contributed by atoms with E-state index < -0.39 is 16.0 Å². The molecule has 0 atom stereocenters. The SMILES string of the molecule is CCS(=O)(=O)N1CCc2cc(C(=O)COC(=O)/C=C/c3ccccc3)ccc21. The molecule has 0 fully saturated rings. The Hall–Kier alpha value is -2.93. The summed E-state index contributed by atoms with van der Waals surface area (Å²) in [7, 11) is -3.32. The van der Waals surface area contributed by atoms with E-state index in [4.69, 9.17) is 4.74 Å². The van der Waals surface area contributed by atoms with Crippen LogP contribution in [0.4, 0.5) is 5.69 Å². The number of hydrogen-bond acceptors (Lipinski definition) is 5. The second-order valence-electron chi connectivity index (χ2n) is 6.34. The van der Waals surface area contributed by atoms with Crippen molar-refractivity contribution in [3.05, 3.63) is 71.3 Å². The average molecular weight is 399 g/mol. The summed E-state index contributed by atoms with van der Waals surface area (Å²) in [5.41, 5.74) is 2.67. The molecular formula is C21H21NO5S. The first-order valence-electron chi connectivity index (χ1n) is 8.97. The number of anilines is 1. The number of ether oxygens (including phenoxy) is 1. The van der Waals surface area contributed by atoms with Gasteiger partial charge in [-0.25, -0.2) is 13.2 Å². The first kappa shape index (κ1) is 19.8. The molecular weight excluding hydrogens is 378 g/mol. The average Bonchev–Trinajstić information content (AvgIpc) is 3.15. The number of esters is 1. The van der Waals surface area contributed by atoms with Gasteiger partial charge in [0.15, 0.2) is 12.4 Å². The van der Waals surface area contributed by atoms with Gasteiger partial charge in [-0.15, -0.1) is 0 Å². The van der Waals surface area contributed by atoms with E-state index >= 15 is 0 Å². The highest BCUT2D eigenvalue weighted by atomic mass is 32.2. The van der Waals surface area contributed by atoms with Gasteiger partial charge in [-0.05, 0) is 48.7 Å². The van der Waals surface area contributed by atoms with Crippen LogP contribution in [-0.2, 0) is 26.0 Å². The van der Waals surface area contributed by atoms with Gasteiger partial charge >= 0.3 is 5.97 Å². The number of rotatable bonds is 7. The van der Waals surface area contributed by atoms with Gasteiger partial charge in [0.25, 0.3) is 0 Å². The lowest BCUT2D eigenvalue weighted by Gasteiger charge is -2.18. The molecule has 0 radical (unpaired) electrons. The van der Waals surface area contributed by atoms with Gasteiger partial charge in [0, 0.05) is 18.2 Å². The van der Waals surface area contributed by atoms with Crippen molar-refractivity contribution < 1.29 is 22.7 Å². The van der Waals surface area contributed by atoms with Crippen molar-refractivity contribution in [1.82, 2.24) is 0 Å². The summed E-state index contributed by atoms with van der Waals surface area (Å²) in [6.07, 6.45) is 3.44. The molecule has 0 unspecified atom stereocenters. The number of Topliss-reactive ketones (excluding diaryl/α,β-unsaturated/α-hetero) is 1. The fourth-order valence-corrected chi connectivity index (χ4v) is 4.15. The Morgan fingerprint density at radius 3 is 2.61 bits per heavy atom. The van der Waals surface area contributed by atoms with Crippen LogP contribution in [0.15, 0.2) is 54.6 Å². The molecule has 146 valence electrons. The smallest absolute Gasteiger partial charge is 0.331 e. The summed E-state index contributed by atoms with van der Waals surface area (Å²) in [6.45, 7) is 1.61. The molecule has 0 N–H and O–H groups in total. The van der Waals surface area contributed by atoms with Crippen LogP contribution in [0.3, 0.4) is 0 Å². The van der Waals surface area contributed by atoms with Crippen molar-refractivity contribution >= 4 is 33.5 Å². The molecule has 2 aromatic rings. The van der Waals surface area contributed by atoms with E-state index in [1.165, 1.54) is 10.4 Å². The second-order valence-corrected chi connectivity index (χ2v) is 8.52. The maximum Gasteiger partial charge on any atom is 0.331 e. The lowest BCUT2D eigenvalue weighted by molar-refractivity contribution is -0.136. The van der Waals surface area contributed by atoms with Gasteiger partial charge in [0.05, 0.1) is 11.4 Å². The number of ketones is 1. The molecule has 0 amide bonds. The maximum atomic E-state index is 12.3. The van der Waals surface area contributed by atoms with Crippen LogP contribution in [0.2, 0.25) is 0 Å². The fraction of sp³-hybridized carbons (Fsp3) is 0.238. The molecule has 1 aliphatic heterocycles. The number of fused-ring (bicyclic) bond motifs is 1. The normalized spacial score (nSPS) is 13.5. The zero-order chi connectivity index (χ0) is 20.1. The number of nitrogens with zero attached hydrogens (tertiary/aromatic N) is 1. The molecule has 0 spiro atoms. The van der Waals surface area contributed by atoms with Crippen LogP contribution >= 0.6 is 0 Å². The Balaban J connectivity index is 1.61. The topological polar surface area (TPSA) is 80.8 Å². The summed E-state index contributed by atoms with van der Waals surface area (Å²) < 4.78 is 30.6. The number of carbonyl (C=O) groups is 2. The van der Waals surface area contributed by atoms with Crippen molar-refractivity contribution in [2.24, 2.45) is 0 Å². The van der Waals surface area contributed by atoms with E-state index in [1.807, 2.05) is 30.3 Å². The lowest BCUT2D eigenvalue weighted by atomic mass is 10.1. The monoisotopic (exact) mass is 399 g/mol. The van der Waals surface area contributed by atoms with E-state index in [-0.39, 0.29) is 18.1 Å². The van der Waals surface area contributed by atoms with E-state index in [0.717, 1.165) is 11.1 Å². The van der Waals surface area contributed by atoms with Crippen LogP contribution in [0.5, 0.6) is 0 Å². The van der Waals surface area contributed by atoms with Gasteiger partial charge in [0.2, 0.25) is 10.0 Å². The lowest BCUT2D eigenvalue weighted by Crippen LogP contribution is -2.30. The first-order valence-corrected chi connectivity index (χ1v) is 10.6. The highest BCUT2D eigenvalue weighted by Crippen LogP contribution is 2.31. The van der Waals surface area contributed by atoms with Crippen molar-refractivity contribution in [3.8, 4) is 0 Å². The fourth-order valence-electron chi connectivity index (χ4n) is 2.99. The molecule has 6 nitrogen and oxygen atoms in total. The third-order valence-electron chi connectivity index (χ3n) is 4.51. The minimum absolute atomic E-state index is 0.0274. The summed E-state index contributed by atoms with van der Waals surface area (Å²) in [6, 6.07) is 14.2. The molecule has 7 heteroatoms. The zero-order valence-electron chi connectivity index (χ0n) is 15.5. The predicted molar refractivity (Wildman–Crippen MR) is 108 cm³/mol.